The topological polar surface area (TPSA) is 64.6 Å². The van der Waals surface area contributed by atoms with Crippen LogP contribution in [-0.4, -0.2) is 32.8 Å². The average molecular weight is 223 g/mol. The van der Waals surface area contributed by atoms with E-state index in [4.69, 9.17) is 4.74 Å². The lowest BCUT2D eigenvalue weighted by Crippen LogP contribution is -2.25. The fourth-order valence-electron chi connectivity index (χ4n) is 1.15. The molecule has 1 amide bonds. The molecule has 0 atom stereocenters. The maximum atomic E-state index is 11.5. The lowest BCUT2D eigenvalue weighted by molar-refractivity contribution is 0.0600. The Morgan fingerprint density at radius 3 is 2.56 bits per heavy atom. The van der Waals surface area contributed by atoms with Crippen LogP contribution < -0.4 is 5.32 Å². The van der Waals surface area contributed by atoms with Gasteiger partial charge >= 0.3 is 5.97 Å². The maximum Gasteiger partial charge on any atom is 0.337 e. The number of hydrogen-bond acceptors (Lipinski definition) is 4. The summed E-state index contributed by atoms with van der Waals surface area (Å²) in [4.78, 5) is 22.7. The number of nitrogens with one attached hydrogen (secondary N) is 1. The van der Waals surface area contributed by atoms with E-state index in [0.717, 1.165) is 0 Å². The van der Waals surface area contributed by atoms with Gasteiger partial charge in [0.15, 0.2) is 0 Å². The van der Waals surface area contributed by atoms with Crippen molar-refractivity contribution >= 4 is 11.9 Å². The van der Waals surface area contributed by atoms with Gasteiger partial charge in [0, 0.05) is 12.7 Å². The number of methoxy groups -OCH3 is 2. The molecule has 5 nitrogen and oxygen atoms in total. The summed E-state index contributed by atoms with van der Waals surface area (Å²) in [6.07, 6.45) is 0. The van der Waals surface area contributed by atoms with Crippen LogP contribution in [0.3, 0.4) is 0 Å². The predicted octanol–water partition coefficient (Wildman–Crippen LogP) is 0.807. The Morgan fingerprint density at radius 1 is 1.25 bits per heavy atom. The zero-order valence-electron chi connectivity index (χ0n) is 9.15. The first-order valence-corrected chi connectivity index (χ1v) is 4.64. The summed E-state index contributed by atoms with van der Waals surface area (Å²) in [5, 5.41) is 2.52. The average Bonchev–Trinajstić information content (AvgIpc) is 2.35. The van der Waals surface area contributed by atoms with Gasteiger partial charge in [-0.3, -0.25) is 4.79 Å². The van der Waals surface area contributed by atoms with Crippen molar-refractivity contribution in [1.29, 1.82) is 0 Å². The second kappa shape index (κ2) is 5.87. The van der Waals surface area contributed by atoms with Crippen molar-refractivity contribution in [2.45, 2.75) is 0 Å². The van der Waals surface area contributed by atoms with E-state index in [1.54, 1.807) is 18.2 Å². The van der Waals surface area contributed by atoms with Crippen LogP contribution >= 0.6 is 0 Å². The summed E-state index contributed by atoms with van der Waals surface area (Å²) >= 11 is 0. The summed E-state index contributed by atoms with van der Waals surface area (Å²) in [5.41, 5.74) is 0.729. The number of esters is 1. The van der Waals surface area contributed by atoms with Crippen LogP contribution in [0.4, 0.5) is 0 Å². The Hall–Kier alpha value is -1.88. The third kappa shape index (κ3) is 3.06. The number of amides is 1. The number of carbonyl (C=O) groups is 2. The van der Waals surface area contributed by atoms with E-state index in [1.807, 2.05) is 0 Å². The number of carbonyl (C=O) groups excluding carboxylic acids is 2. The molecule has 0 unspecified atom stereocenters. The molecule has 86 valence electrons. The van der Waals surface area contributed by atoms with Crippen LogP contribution in [0.2, 0.25) is 0 Å². The van der Waals surface area contributed by atoms with Crippen molar-refractivity contribution in [3.8, 4) is 0 Å². The molecule has 0 aliphatic heterocycles. The monoisotopic (exact) mass is 223 g/mol. The minimum atomic E-state index is -0.471. The Morgan fingerprint density at radius 2 is 1.94 bits per heavy atom. The molecule has 0 saturated heterocycles. The van der Waals surface area contributed by atoms with Crippen molar-refractivity contribution in [3.63, 3.8) is 0 Å². The van der Waals surface area contributed by atoms with Crippen LogP contribution in [0.25, 0.3) is 0 Å². The molecule has 1 aromatic carbocycles. The van der Waals surface area contributed by atoms with Gasteiger partial charge < -0.3 is 14.8 Å². The molecular weight excluding hydrogens is 210 g/mol. The van der Waals surface area contributed by atoms with Crippen LogP contribution in [0.15, 0.2) is 24.3 Å². The van der Waals surface area contributed by atoms with Gasteiger partial charge in [-0.1, -0.05) is 6.07 Å². The highest BCUT2D eigenvalue weighted by Crippen LogP contribution is 2.06. The zero-order valence-corrected chi connectivity index (χ0v) is 9.15. The Balaban J connectivity index is 2.81. The summed E-state index contributed by atoms with van der Waals surface area (Å²) in [5.74, 6) is -0.769. The van der Waals surface area contributed by atoms with Gasteiger partial charge in [-0.2, -0.15) is 0 Å². The Labute approximate surface area is 93.4 Å². The van der Waals surface area contributed by atoms with Crippen molar-refractivity contribution in [1.82, 2.24) is 5.32 Å². The zero-order chi connectivity index (χ0) is 12.0. The standard InChI is InChI=1S/C11H13NO4/c1-15-7-12-10(13)8-4-3-5-9(6-8)11(14)16-2/h3-6H,7H2,1-2H3,(H,12,13). The van der Waals surface area contributed by atoms with Gasteiger partial charge in [-0.25, -0.2) is 4.79 Å². The van der Waals surface area contributed by atoms with E-state index in [0.29, 0.717) is 11.1 Å². The molecule has 1 aromatic rings. The van der Waals surface area contributed by atoms with Crippen molar-refractivity contribution < 1.29 is 19.1 Å². The molecule has 16 heavy (non-hydrogen) atoms. The van der Waals surface area contributed by atoms with E-state index < -0.39 is 5.97 Å². The Kier molecular flexibility index (Phi) is 4.47. The van der Waals surface area contributed by atoms with Crippen LogP contribution in [0.1, 0.15) is 20.7 Å². The lowest BCUT2D eigenvalue weighted by atomic mass is 10.1. The van der Waals surface area contributed by atoms with Crippen LogP contribution in [-0.2, 0) is 9.47 Å². The number of benzene rings is 1. The highest BCUT2D eigenvalue weighted by molar-refractivity contribution is 5.97. The van der Waals surface area contributed by atoms with Gasteiger partial charge in [0.05, 0.1) is 12.7 Å². The molecule has 5 heteroatoms. The van der Waals surface area contributed by atoms with Gasteiger partial charge in [-0.05, 0) is 18.2 Å². The minimum absolute atomic E-state index is 0.126. The number of hydrogen-bond donors (Lipinski definition) is 1. The molecule has 0 radical (unpaired) electrons. The highest BCUT2D eigenvalue weighted by atomic mass is 16.5. The first kappa shape index (κ1) is 12.2. The first-order chi connectivity index (χ1) is 7.69. The lowest BCUT2D eigenvalue weighted by Gasteiger charge is -2.05. The molecular formula is C11H13NO4. The second-order valence-electron chi connectivity index (χ2n) is 3.01. The van der Waals surface area contributed by atoms with Gasteiger partial charge in [-0.15, -0.1) is 0 Å². The van der Waals surface area contributed by atoms with E-state index in [-0.39, 0.29) is 12.6 Å². The molecule has 1 rings (SSSR count). The largest absolute Gasteiger partial charge is 0.465 e. The van der Waals surface area contributed by atoms with E-state index in [1.165, 1.54) is 20.3 Å². The molecule has 0 aliphatic carbocycles. The first-order valence-electron chi connectivity index (χ1n) is 4.64. The van der Waals surface area contributed by atoms with E-state index in [9.17, 15) is 9.59 Å². The smallest absolute Gasteiger partial charge is 0.337 e. The third-order valence-electron chi connectivity index (χ3n) is 1.92. The molecule has 0 aliphatic rings. The third-order valence-corrected chi connectivity index (χ3v) is 1.92. The number of ether oxygens (including phenoxy) is 2. The molecule has 1 N–H and O–H groups in total. The summed E-state index contributed by atoms with van der Waals surface area (Å²) in [6.45, 7) is 0.126. The van der Waals surface area contributed by atoms with Crippen LogP contribution in [0, 0.1) is 0 Å². The summed E-state index contributed by atoms with van der Waals surface area (Å²) in [6, 6.07) is 6.28. The van der Waals surface area contributed by atoms with E-state index >= 15 is 0 Å². The molecule has 0 saturated carbocycles. The van der Waals surface area contributed by atoms with Gasteiger partial charge in [0.1, 0.15) is 6.73 Å². The van der Waals surface area contributed by atoms with Crippen molar-refractivity contribution in [3.05, 3.63) is 35.4 Å². The molecule has 0 bridgehead atoms. The van der Waals surface area contributed by atoms with Gasteiger partial charge in [0.2, 0.25) is 0 Å². The van der Waals surface area contributed by atoms with Gasteiger partial charge in [0.25, 0.3) is 5.91 Å². The fourth-order valence-corrected chi connectivity index (χ4v) is 1.15. The summed E-state index contributed by atoms with van der Waals surface area (Å²) < 4.78 is 9.27. The van der Waals surface area contributed by atoms with E-state index in [2.05, 4.69) is 10.1 Å². The molecule has 0 aromatic heterocycles. The van der Waals surface area contributed by atoms with Crippen molar-refractivity contribution in [2.24, 2.45) is 0 Å². The SMILES string of the molecule is COCNC(=O)c1cccc(C(=O)OC)c1. The highest BCUT2D eigenvalue weighted by Gasteiger charge is 2.09. The predicted molar refractivity (Wildman–Crippen MR) is 57.1 cm³/mol. The van der Waals surface area contributed by atoms with Crippen LogP contribution in [0.5, 0.6) is 0 Å². The molecule has 0 heterocycles. The second-order valence-corrected chi connectivity index (χ2v) is 3.01. The Bertz CT molecular complexity index is 389. The molecule has 0 fully saturated rings. The molecule has 0 spiro atoms. The minimum Gasteiger partial charge on any atom is -0.465 e. The quantitative estimate of drug-likeness (QED) is 0.606. The summed E-state index contributed by atoms with van der Waals surface area (Å²) in [7, 11) is 2.77. The normalized spacial score (nSPS) is 9.62. The van der Waals surface area contributed by atoms with Crippen molar-refractivity contribution in [2.75, 3.05) is 21.0 Å². The fraction of sp³-hybridized carbons (Fsp3) is 0.273. The maximum absolute atomic E-state index is 11.5. The number of rotatable bonds is 4.